The number of ether oxygens (including phenoxy) is 1. The summed E-state index contributed by atoms with van der Waals surface area (Å²) in [5.41, 5.74) is 0.955. The molecule has 1 saturated carbocycles. The van der Waals surface area contributed by atoms with Crippen molar-refractivity contribution in [3.63, 3.8) is 0 Å². The van der Waals surface area contributed by atoms with Gasteiger partial charge in [0, 0.05) is 36.3 Å². The Bertz CT molecular complexity index is 1270. The van der Waals surface area contributed by atoms with Crippen molar-refractivity contribution >= 4 is 27.5 Å². The zero-order chi connectivity index (χ0) is 23.8. The summed E-state index contributed by atoms with van der Waals surface area (Å²) in [5.74, 6) is 0.466. The Morgan fingerprint density at radius 2 is 1.85 bits per heavy atom. The number of carbonyl (C=O) groups excluding carboxylic acids is 1. The molecule has 1 aliphatic carbocycles. The summed E-state index contributed by atoms with van der Waals surface area (Å²) < 4.78 is 37.5. The fraction of sp³-hybridized carbons (Fsp3) is 0.318. The average molecular weight is 491 g/mol. The molecule has 0 atom stereocenters. The first-order valence-electron chi connectivity index (χ1n) is 10.2. The molecule has 2 aromatic carbocycles. The standard InChI is InChI=1S/C22H23ClN4O5S/c1-26(2)33(29,30)19-12-15(6-11-18(19)31-3)22(28)27(17-9-10-17)13-20-24-25-21(32-20)14-4-7-16(23)8-5-14/h4-8,11-12,17H,9-10,13H2,1-3H3. The molecule has 11 heteroatoms. The molecule has 0 aliphatic heterocycles. The summed E-state index contributed by atoms with van der Waals surface area (Å²) in [7, 11) is 0.425. The number of benzene rings is 2. The van der Waals surface area contributed by atoms with Crippen LogP contribution in [0.4, 0.5) is 0 Å². The number of rotatable bonds is 8. The third-order valence-electron chi connectivity index (χ3n) is 5.28. The van der Waals surface area contributed by atoms with Gasteiger partial charge in [0.05, 0.1) is 13.7 Å². The summed E-state index contributed by atoms with van der Waals surface area (Å²) in [5, 5.41) is 8.75. The molecule has 0 saturated heterocycles. The summed E-state index contributed by atoms with van der Waals surface area (Å²) in [6.07, 6.45) is 1.70. The van der Waals surface area contributed by atoms with Gasteiger partial charge in [0.1, 0.15) is 10.6 Å². The van der Waals surface area contributed by atoms with Gasteiger partial charge in [0.2, 0.25) is 21.8 Å². The van der Waals surface area contributed by atoms with Crippen molar-refractivity contribution in [3.05, 3.63) is 58.9 Å². The van der Waals surface area contributed by atoms with Crippen LogP contribution < -0.4 is 4.74 Å². The van der Waals surface area contributed by atoms with E-state index in [0.717, 1.165) is 22.7 Å². The maximum atomic E-state index is 13.4. The molecule has 1 aromatic heterocycles. The number of hydrogen-bond donors (Lipinski definition) is 0. The van der Waals surface area contributed by atoms with Gasteiger partial charge in [0.25, 0.3) is 5.91 Å². The number of amides is 1. The van der Waals surface area contributed by atoms with Crippen LogP contribution in [0.1, 0.15) is 29.1 Å². The molecule has 1 fully saturated rings. The molecule has 0 spiro atoms. The van der Waals surface area contributed by atoms with Crippen LogP contribution in [0.5, 0.6) is 5.75 Å². The van der Waals surface area contributed by atoms with Crippen molar-refractivity contribution < 1.29 is 22.4 Å². The molecule has 174 valence electrons. The third kappa shape index (κ3) is 4.87. The van der Waals surface area contributed by atoms with Gasteiger partial charge >= 0.3 is 0 Å². The van der Waals surface area contributed by atoms with Gasteiger partial charge in [-0.2, -0.15) is 0 Å². The minimum absolute atomic E-state index is 0.0272. The van der Waals surface area contributed by atoms with E-state index in [1.54, 1.807) is 35.2 Å². The fourth-order valence-corrected chi connectivity index (χ4v) is 4.50. The number of aromatic nitrogens is 2. The van der Waals surface area contributed by atoms with E-state index >= 15 is 0 Å². The van der Waals surface area contributed by atoms with E-state index in [-0.39, 0.29) is 40.6 Å². The maximum Gasteiger partial charge on any atom is 0.254 e. The summed E-state index contributed by atoms with van der Waals surface area (Å²) in [6.45, 7) is 0.117. The lowest BCUT2D eigenvalue weighted by Gasteiger charge is -2.22. The first-order valence-corrected chi connectivity index (χ1v) is 12.0. The molecule has 1 heterocycles. The second-order valence-electron chi connectivity index (χ2n) is 7.83. The second-order valence-corrected chi connectivity index (χ2v) is 10.4. The monoisotopic (exact) mass is 490 g/mol. The Morgan fingerprint density at radius 3 is 2.45 bits per heavy atom. The van der Waals surface area contributed by atoms with E-state index in [2.05, 4.69) is 10.2 Å². The van der Waals surface area contributed by atoms with Crippen molar-refractivity contribution in [1.29, 1.82) is 0 Å². The highest BCUT2D eigenvalue weighted by Crippen LogP contribution is 2.32. The van der Waals surface area contributed by atoms with Crippen LogP contribution in [-0.2, 0) is 16.6 Å². The van der Waals surface area contributed by atoms with Gasteiger partial charge in [-0.25, -0.2) is 12.7 Å². The van der Waals surface area contributed by atoms with E-state index in [4.69, 9.17) is 20.8 Å². The molecule has 0 bridgehead atoms. The lowest BCUT2D eigenvalue weighted by atomic mass is 10.2. The molecule has 4 rings (SSSR count). The Morgan fingerprint density at radius 1 is 1.15 bits per heavy atom. The highest BCUT2D eigenvalue weighted by atomic mass is 35.5. The molecule has 3 aromatic rings. The van der Waals surface area contributed by atoms with Gasteiger partial charge in [0.15, 0.2) is 0 Å². The first kappa shape index (κ1) is 23.2. The van der Waals surface area contributed by atoms with Crippen LogP contribution in [-0.4, -0.2) is 61.0 Å². The molecule has 1 aliphatic rings. The maximum absolute atomic E-state index is 13.4. The smallest absolute Gasteiger partial charge is 0.254 e. The van der Waals surface area contributed by atoms with Crippen molar-refractivity contribution in [3.8, 4) is 17.2 Å². The van der Waals surface area contributed by atoms with Crippen molar-refractivity contribution in [2.75, 3.05) is 21.2 Å². The van der Waals surface area contributed by atoms with Crippen LogP contribution >= 0.6 is 11.6 Å². The van der Waals surface area contributed by atoms with E-state index in [9.17, 15) is 13.2 Å². The van der Waals surface area contributed by atoms with E-state index < -0.39 is 10.0 Å². The van der Waals surface area contributed by atoms with Gasteiger partial charge in [-0.3, -0.25) is 4.79 Å². The van der Waals surface area contributed by atoms with Gasteiger partial charge in [-0.05, 0) is 55.3 Å². The van der Waals surface area contributed by atoms with Crippen molar-refractivity contribution in [2.24, 2.45) is 0 Å². The largest absolute Gasteiger partial charge is 0.495 e. The normalized spacial score (nSPS) is 13.8. The highest BCUT2D eigenvalue weighted by Gasteiger charge is 2.35. The first-order chi connectivity index (χ1) is 15.7. The van der Waals surface area contributed by atoms with Gasteiger partial charge in [-0.15, -0.1) is 10.2 Å². The zero-order valence-electron chi connectivity index (χ0n) is 18.4. The lowest BCUT2D eigenvalue weighted by Crippen LogP contribution is -2.33. The van der Waals surface area contributed by atoms with Crippen LogP contribution in [0.15, 0.2) is 51.8 Å². The SMILES string of the molecule is COc1ccc(C(=O)N(Cc2nnc(-c3ccc(Cl)cc3)o2)C2CC2)cc1S(=O)(=O)N(C)C. The summed E-state index contributed by atoms with van der Waals surface area (Å²) in [4.78, 5) is 14.9. The fourth-order valence-electron chi connectivity index (χ4n) is 3.30. The minimum Gasteiger partial charge on any atom is -0.495 e. The quantitative estimate of drug-likeness (QED) is 0.476. The Balaban J connectivity index is 1.61. The van der Waals surface area contributed by atoms with Crippen molar-refractivity contribution in [2.45, 2.75) is 30.3 Å². The van der Waals surface area contributed by atoms with E-state index in [1.807, 2.05) is 0 Å². The molecule has 0 radical (unpaired) electrons. The number of hydrogen-bond acceptors (Lipinski definition) is 7. The predicted octanol–water partition coefficient (Wildman–Crippen LogP) is 3.45. The molecule has 9 nitrogen and oxygen atoms in total. The molecule has 0 N–H and O–H groups in total. The number of sulfonamides is 1. The second kappa shape index (κ2) is 9.12. The Kier molecular flexibility index (Phi) is 6.42. The lowest BCUT2D eigenvalue weighted by molar-refractivity contribution is 0.0714. The van der Waals surface area contributed by atoms with Crippen LogP contribution in [0, 0.1) is 0 Å². The average Bonchev–Trinajstić information content (AvgIpc) is 3.54. The number of nitrogens with zero attached hydrogens (tertiary/aromatic N) is 4. The highest BCUT2D eigenvalue weighted by molar-refractivity contribution is 7.89. The summed E-state index contributed by atoms with van der Waals surface area (Å²) >= 11 is 5.92. The molecular formula is C22H23ClN4O5S. The number of methoxy groups -OCH3 is 1. The van der Waals surface area contributed by atoms with Crippen molar-refractivity contribution in [1.82, 2.24) is 19.4 Å². The Labute approximate surface area is 197 Å². The summed E-state index contributed by atoms with van der Waals surface area (Å²) in [6, 6.07) is 11.4. The predicted molar refractivity (Wildman–Crippen MR) is 122 cm³/mol. The molecule has 33 heavy (non-hydrogen) atoms. The topological polar surface area (TPSA) is 106 Å². The van der Waals surface area contributed by atoms with Crippen LogP contribution in [0.3, 0.4) is 0 Å². The minimum atomic E-state index is -3.81. The van der Waals surface area contributed by atoms with Gasteiger partial charge in [-0.1, -0.05) is 11.6 Å². The number of halogens is 1. The molecule has 0 unspecified atom stereocenters. The number of carbonyl (C=O) groups is 1. The van der Waals surface area contributed by atoms with E-state index in [1.165, 1.54) is 33.3 Å². The van der Waals surface area contributed by atoms with Crippen LogP contribution in [0.2, 0.25) is 5.02 Å². The van der Waals surface area contributed by atoms with Crippen LogP contribution in [0.25, 0.3) is 11.5 Å². The molecule has 1 amide bonds. The zero-order valence-corrected chi connectivity index (χ0v) is 19.9. The van der Waals surface area contributed by atoms with E-state index in [0.29, 0.717) is 10.9 Å². The van der Waals surface area contributed by atoms with Gasteiger partial charge < -0.3 is 14.1 Å². The molecular weight excluding hydrogens is 468 g/mol. The Hall–Kier alpha value is -2.95. The third-order valence-corrected chi connectivity index (χ3v) is 7.37.